The summed E-state index contributed by atoms with van der Waals surface area (Å²) >= 11 is 6.72. The Balaban J connectivity index is 1.87. The highest BCUT2D eigenvalue weighted by molar-refractivity contribution is 9.10. The lowest BCUT2D eigenvalue weighted by atomic mass is 10.2. The molecule has 126 valence electrons. The first kappa shape index (κ1) is 18.5. The van der Waals surface area contributed by atoms with Gasteiger partial charge in [0.2, 0.25) is 0 Å². The maximum absolute atomic E-state index is 11.8. The second-order valence-electron chi connectivity index (χ2n) is 4.90. The van der Waals surface area contributed by atoms with Gasteiger partial charge in [-0.1, -0.05) is 28.9 Å². The summed E-state index contributed by atoms with van der Waals surface area (Å²) in [5, 5.41) is 13.5. The number of nitrogens with zero attached hydrogens (tertiary/aromatic N) is 1. The molecular weight excluding hydrogens is 440 g/mol. The molecule has 2 rings (SSSR count). The molecule has 0 radical (unpaired) electrons. The van der Waals surface area contributed by atoms with Crippen LogP contribution in [0.4, 0.5) is 0 Å². The molecule has 2 N–H and O–H groups in total. The van der Waals surface area contributed by atoms with Gasteiger partial charge in [0.25, 0.3) is 5.91 Å². The molecule has 0 spiro atoms. The summed E-state index contributed by atoms with van der Waals surface area (Å²) in [6.07, 6.45) is 2.29. The van der Waals surface area contributed by atoms with Gasteiger partial charge in [-0.3, -0.25) is 4.79 Å². The highest BCUT2D eigenvalue weighted by Gasteiger charge is 2.06. The Bertz CT molecular complexity index is 763. The van der Waals surface area contributed by atoms with Crippen molar-refractivity contribution in [2.75, 3.05) is 6.61 Å². The predicted molar refractivity (Wildman–Crippen MR) is 101 cm³/mol. The number of phenols is 1. The SMILES string of the molecule is CCc1ccc(OCC(=O)NN=Cc2cc(Br)ccc2O)c(Br)c1. The minimum absolute atomic E-state index is 0.0763. The lowest BCUT2D eigenvalue weighted by molar-refractivity contribution is -0.123. The molecule has 7 heteroatoms. The summed E-state index contributed by atoms with van der Waals surface area (Å²) in [7, 11) is 0. The van der Waals surface area contributed by atoms with E-state index < -0.39 is 5.91 Å². The number of benzene rings is 2. The normalized spacial score (nSPS) is 10.8. The van der Waals surface area contributed by atoms with E-state index in [1.165, 1.54) is 17.8 Å². The van der Waals surface area contributed by atoms with Gasteiger partial charge >= 0.3 is 0 Å². The first-order valence-corrected chi connectivity index (χ1v) is 8.80. The number of carbonyl (C=O) groups is 1. The number of rotatable bonds is 6. The van der Waals surface area contributed by atoms with Gasteiger partial charge in [-0.2, -0.15) is 5.10 Å². The van der Waals surface area contributed by atoms with Crippen molar-refractivity contribution < 1.29 is 14.6 Å². The topological polar surface area (TPSA) is 70.9 Å². The number of ether oxygens (including phenoxy) is 1. The van der Waals surface area contributed by atoms with Crippen LogP contribution in [0.25, 0.3) is 0 Å². The number of hydrazone groups is 1. The summed E-state index contributed by atoms with van der Waals surface area (Å²) in [5.74, 6) is 0.274. The summed E-state index contributed by atoms with van der Waals surface area (Å²) in [5.41, 5.74) is 4.02. The molecule has 0 aromatic heterocycles. The van der Waals surface area contributed by atoms with Crippen molar-refractivity contribution in [2.45, 2.75) is 13.3 Å². The van der Waals surface area contributed by atoms with Crippen LogP contribution < -0.4 is 10.2 Å². The van der Waals surface area contributed by atoms with Crippen molar-refractivity contribution in [1.29, 1.82) is 0 Å². The largest absolute Gasteiger partial charge is 0.507 e. The van der Waals surface area contributed by atoms with E-state index in [4.69, 9.17) is 4.74 Å². The second kappa shape index (κ2) is 8.84. The average Bonchev–Trinajstić information content (AvgIpc) is 2.56. The van der Waals surface area contributed by atoms with Crippen molar-refractivity contribution in [1.82, 2.24) is 5.43 Å². The fourth-order valence-electron chi connectivity index (χ4n) is 1.86. The molecule has 1 amide bonds. The van der Waals surface area contributed by atoms with E-state index in [0.717, 1.165) is 15.4 Å². The third-order valence-corrected chi connectivity index (χ3v) is 4.26. The molecule has 0 heterocycles. The van der Waals surface area contributed by atoms with E-state index in [0.29, 0.717) is 11.3 Å². The first-order valence-electron chi connectivity index (χ1n) is 7.21. The van der Waals surface area contributed by atoms with E-state index in [-0.39, 0.29) is 12.4 Å². The van der Waals surface area contributed by atoms with Crippen LogP contribution in [0.2, 0.25) is 0 Å². The van der Waals surface area contributed by atoms with Crippen molar-refractivity contribution in [3.63, 3.8) is 0 Å². The van der Waals surface area contributed by atoms with Crippen LogP contribution in [0.15, 0.2) is 50.4 Å². The van der Waals surface area contributed by atoms with E-state index in [1.54, 1.807) is 12.1 Å². The van der Waals surface area contributed by atoms with Crippen LogP contribution in [0, 0.1) is 0 Å². The van der Waals surface area contributed by atoms with Gasteiger partial charge in [0, 0.05) is 10.0 Å². The zero-order valence-corrected chi connectivity index (χ0v) is 16.1. The van der Waals surface area contributed by atoms with Gasteiger partial charge in [0.1, 0.15) is 11.5 Å². The number of hydrogen-bond donors (Lipinski definition) is 2. The molecular formula is C17H16Br2N2O3. The Morgan fingerprint density at radius 2 is 2.08 bits per heavy atom. The molecule has 0 aliphatic carbocycles. The van der Waals surface area contributed by atoms with Crippen molar-refractivity contribution in [3.05, 3.63) is 56.5 Å². The minimum atomic E-state index is -0.396. The highest BCUT2D eigenvalue weighted by Crippen LogP contribution is 2.26. The fraction of sp³-hybridized carbons (Fsp3) is 0.176. The van der Waals surface area contributed by atoms with Crippen LogP contribution in [0.5, 0.6) is 11.5 Å². The number of aromatic hydroxyl groups is 1. The fourth-order valence-corrected chi connectivity index (χ4v) is 2.78. The average molecular weight is 456 g/mol. The number of halogens is 2. The molecule has 0 atom stereocenters. The molecule has 0 unspecified atom stereocenters. The van der Waals surface area contributed by atoms with Crippen molar-refractivity contribution >= 4 is 44.0 Å². The summed E-state index contributed by atoms with van der Waals surface area (Å²) in [6.45, 7) is 1.91. The third kappa shape index (κ3) is 5.35. The molecule has 2 aromatic rings. The van der Waals surface area contributed by atoms with E-state index in [9.17, 15) is 9.90 Å². The molecule has 0 bridgehead atoms. The minimum Gasteiger partial charge on any atom is -0.507 e. The Morgan fingerprint density at radius 3 is 2.79 bits per heavy atom. The molecule has 0 aliphatic heterocycles. The number of phenolic OH excluding ortho intramolecular Hbond substituents is 1. The van der Waals surface area contributed by atoms with E-state index in [1.807, 2.05) is 18.2 Å². The monoisotopic (exact) mass is 454 g/mol. The van der Waals surface area contributed by atoms with Crippen LogP contribution in [0.3, 0.4) is 0 Å². The van der Waals surface area contributed by atoms with Crippen LogP contribution in [-0.2, 0) is 11.2 Å². The molecule has 0 saturated carbocycles. The Labute approximate surface area is 157 Å². The van der Waals surface area contributed by atoms with E-state index >= 15 is 0 Å². The number of carbonyl (C=O) groups excluding carboxylic acids is 1. The number of amides is 1. The zero-order valence-electron chi connectivity index (χ0n) is 12.9. The standard InChI is InChI=1S/C17H16Br2N2O3/c1-2-11-3-6-16(14(19)7-11)24-10-17(23)21-20-9-12-8-13(18)4-5-15(12)22/h3-9,22H,2,10H2,1H3,(H,21,23). The van der Waals surface area contributed by atoms with Gasteiger partial charge in [-0.05, 0) is 58.2 Å². The van der Waals surface area contributed by atoms with Gasteiger partial charge in [0.05, 0.1) is 10.7 Å². The van der Waals surface area contributed by atoms with Crippen molar-refractivity contribution in [2.24, 2.45) is 5.10 Å². The van der Waals surface area contributed by atoms with Crippen LogP contribution in [0.1, 0.15) is 18.1 Å². The van der Waals surface area contributed by atoms with Gasteiger partial charge in [-0.25, -0.2) is 5.43 Å². The van der Waals surface area contributed by atoms with Gasteiger partial charge in [0.15, 0.2) is 6.61 Å². The number of hydrogen-bond acceptors (Lipinski definition) is 4. The number of nitrogens with one attached hydrogen (secondary N) is 1. The van der Waals surface area contributed by atoms with Crippen molar-refractivity contribution in [3.8, 4) is 11.5 Å². The molecule has 5 nitrogen and oxygen atoms in total. The molecule has 0 saturated heterocycles. The van der Waals surface area contributed by atoms with Crippen LogP contribution in [-0.4, -0.2) is 23.8 Å². The Morgan fingerprint density at radius 1 is 1.29 bits per heavy atom. The molecule has 2 aromatic carbocycles. The number of aryl methyl sites for hydroxylation is 1. The molecule has 24 heavy (non-hydrogen) atoms. The maximum Gasteiger partial charge on any atom is 0.277 e. The highest BCUT2D eigenvalue weighted by atomic mass is 79.9. The van der Waals surface area contributed by atoms with Gasteiger partial charge in [-0.15, -0.1) is 0 Å². The Kier molecular flexibility index (Phi) is 6.81. The second-order valence-corrected chi connectivity index (χ2v) is 6.67. The van der Waals surface area contributed by atoms with E-state index in [2.05, 4.69) is 49.3 Å². The maximum atomic E-state index is 11.8. The smallest absolute Gasteiger partial charge is 0.277 e. The lowest BCUT2D eigenvalue weighted by Gasteiger charge is -2.08. The quantitative estimate of drug-likeness (QED) is 0.510. The summed E-state index contributed by atoms with van der Waals surface area (Å²) < 4.78 is 7.06. The molecule has 0 fully saturated rings. The zero-order chi connectivity index (χ0) is 17.5. The summed E-state index contributed by atoms with van der Waals surface area (Å²) in [4.78, 5) is 11.8. The predicted octanol–water partition coefficient (Wildman–Crippen LogP) is 4.01. The molecule has 0 aliphatic rings. The van der Waals surface area contributed by atoms with Crippen LogP contribution >= 0.6 is 31.9 Å². The van der Waals surface area contributed by atoms with Gasteiger partial charge < -0.3 is 9.84 Å². The third-order valence-electron chi connectivity index (χ3n) is 3.15. The summed E-state index contributed by atoms with van der Waals surface area (Å²) in [6, 6.07) is 10.7. The lowest BCUT2D eigenvalue weighted by Crippen LogP contribution is -2.24. The Hall–Kier alpha value is -1.86. The first-order chi connectivity index (χ1) is 11.5.